The van der Waals surface area contributed by atoms with Gasteiger partial charge in [-0.05, 0) is 31.1 Å². The molecule has 0 aromatic carbocycles. The minimum Gasteiger partial charge on any atom is -0.389 e. The average Bonchev–Trinajstić information content (AvgIpc) is 3.00. The van der Waals surface area contributed by atoms with Crippen molar-refractivity contribution in [3.8, 4) is 0 Å². The SMILES string of the molecule is CC1CCCC(OCC(O)CNC2CC2C)C1. The number of rotatable bonds is 6. The molecule has 0 saturated heterocycles. The van der Waals surface area contributed by atoms with E-state index in [0.717, 1.165) is 11.8 Å². The van der Waals surface area contributed by atoms with Crippen molar-refractivity contribution < 1.29 is 9.84 Å². The second kappa shape index (κ2) is 6.17. The van der Waals surface area contributed by atoms with Crippen molar-refractivity contribution in [3.05, 3.63) is 0 Å². The van der Waals surface area contributed by atoms with Gasteiger partial charge >= 0.3 is 0 Å². The Bertz CT molecular complexity index is 234. The summed E-state index contributed by atoms with van der Waals surface area (Å²) >= 11 is 0. The highest BCUT2D eigenvalue weighted by atomic mass is 16.5. The van der Waals surface area contributed by atoms with Gasteiger partial charge in [0.2, 0.25) is 0 Å². The smallest absolute Gasteiger partial charge is 0.0897 e. The van der Waals surface area contributed by atoms with Crippen LogP contribution in [-0.4, -0.2) is 36.5 Å². The van der Waals surface area contributed by atoms with Crippen molar-refractivity contribution in [2.45, 2.75) is 64.2 Å². The van der Waals surface area contributed by atoms with Crippen LogP contribution in [0.2, 0.25) is 0 Å². The molecule has 0 aromatic rings. The standard InChI is InChI=1S/C14H27NO2/c1-10-4-3-5-13(6-10)17-9-12(16)8-15-14-7-11(14)2/h10-16H,3-9H2,1-2H3. The Morgan fingerprint density at radius 2 is 2.06 bits per heavy atom. The van der Waals surface area contributed by atoms with Gasteiger partial charge in [0.25, 0.3) is 0 Å². The lowest BCUT2D eigenvalue weighted by atomic mass is 9.89. The molecule has 100 valence electrons. The normalized spacial score (nSPS) is 39.0. The summed E-state index contributed by atoms with van der Waals surface area (Å²) in [6.07, 6.45) is 6.24. The predicted octanol–water partition coefficient (Wildman–Crippen LogP) is 1.94. The van der Waals surface area contributed by atoms with Crippen LogP contribution < -0.4 is 5.32 Å². The summed E-state index contributed by atoms with van der Waals surface area (Å²) in [5.41, 5.74) is 0. The Balaban J connectivity index is 1.54. The average molecular weight is 241 g/mol. The minimum atomic E-state index is -0.347. The number of nitrogens with one attached hydrogen (secondary N) is 1. The number of ether oxygens (including phenoxy) is 1. The van der Waals surface area contributed by atoms with Gasteiger partial charge in [0.05, 0.1) is 18.8 Å². The van der Waals surface area contributed by atoms with Gasteiger partial charge < -0.3 is 15.2 Å². The van der Waals surface area contributed by atoms with Gasteiger partial charge in [0, 0.05) is 12.6 Å². The summed E-state index contributed by atoms with van der Waals surface area (Å²) in [5.74, 6) is 1.58. The number of hydrogen-bond acceptors (Lipinski definition) is 3. The molecule has 0 aromatic heterocycles. The Hall–Kier alpha value is -0.120. The zero-order valence-electron chi connectivity index (χ0n) is 11.2. The van der Waals surface area contributed by atoms with E-state index in [-0.39, 0.29) is 6.10 Å². The summed E-state index contributed by atoms with van der Waals surface area (Å²) < 4.78 is 5.80. The molecular formula is C14H27NO2. The van der Waals surface area contributed by atoms with Gasteiger partial charge in [-0.3, -0.25) is 0 Å². The molecule has 0 amide bonds. The van der Waals surface area contributed by atoms with Gasteiger partial charge in [-0.1, -0.05) is 26.7 Å². The Morgan fingerprint density at radius 3 is 2.71 bits per heavy atom. The molecular weight excluding hydrogens is 214 g/mol. The second-order valence-electron chi connectivity index (χ2n) is 6.11. The Morgan fingerprint density at radius 1 is 1.29 bits per heavy atom. The van der Waals surface area contributed by atoms with Crippen LogP contribution in [0.15, 0.2) is 0 Å². The molecule has 5 unspecified atom stereocenters. The highest BCUT2D eigenvalue weighted by molar-refractivity contribution is 4.90. The van der Waals surface area contributed by atoms with E-state index in [9.17, 15) is 5.11 Å². The fourth-order valence-corrected chi connectivity index (χ4v) is 2.73. The first kappa shape index (κ1) is 13.3. The minimum absolute atomic E-state index is 0.347. The van der Waals surface area contributed by atoms with E-state index in [0.29, 0.717) is 25.3 Å². The van der Waals surface area contributed by atoms with E-state index in [4.69, 9.17) is 4.74 Å². The number of aliphatic hydroxyl groups excluding tert-OH is 1. The first-order chi connectivity index (χ1) is 8.15. The van der Waals surface area contributed by atoms with E-state index in [1.165, 1.54) is 32.1 Å². The molecule has 5 atom stereocenters. The monoisotopic (exact) mass is 241 g/mol. The van der Waals surface area contributed by atoms with Gasteiger partial charge in [-0.25, -0.2) is 0 Å². The van der Waals surface area contributed by atoms with Crippen LogP contribution in [0.4, 0.5) is 0 Å². The first-order valence-corrected chi connectivity index (χ1v) is 7.18. The molecule has 3 heteroatoms. The maximum atomic E-state index is 9.82. The molecule has 2 aliphatic carbocycles. The zero-order chi connectivity index (χ0) is 12.3. The van der Waals surface area contributed by atoms with Crippen LogP contribution in [0.1, 0.15) is 46.0 Å². The first-order valence-electron chi connectivity index (χ1n) is 7.18. The maximum absolute atomic E-state index is 9.82. The molecule has 3 nitrogen and oxygen atoms in total. The molecule has 0 heterocycles. The summed E-state index contributed by atoms with van der Waals surface area (Å²) in [6, 6.07) is 0.638. The summed E-state index contributed by atoms with van der Waals surface area (Å²) in [4.78, 5) is 0. The van der Waals surface area contributed by atoms with Crippen molar-refractivity contribution in [3.63, 3.8) is 0 Å². The van der Waals surface area contributed by atoms with E-state index < -0.39 is 0 Å². The van der Waals surface area contributed by atoms with E-state index in [1.807, 2.05) is 0 Å². The molecule has 2 fully saturated rings. The fourth-order valence-electron chi connectivity index (χ4n) is 2.73. The maximum Gasteiger partial charge on any atom is 0.0897 e. The lowest BCUT2D eigenvalue weighted by Gasteiger charge is -2.27. The molecule has 2 aliphatic rings. The van der Waals surface area contributed by atoms with E-state index >= 15 is 0 Å². The molecule has 17 heavy (non-hydrogen) atoms. The van der Waals surface area contributed by atoms with Crippen LogP contribution in [0, 0.1) is 11.8 Å². The molecule has 0 bridgehead atoms. The summed E-state index contributed by atoms with van der Waals surface area (Å²) in [7, 11) is 0. The predicted molar refractivity (Wildman–Crippen MR) is 69.0 cm³/mol. The van der Waals surface area contributed by atoms with Crippen molar-refractivity contribution in [1.82, 2.24) is 5.32 Å². The largest absolute Gasteiger partial charge is 0.389 e. The van der Waals surface area contributed by atoms with Crippen LogP contribution in [0.3, 0.4) is 0 Å². The third-order valence-electron chi connectivity index (χ3n) is 4.14. The molecule has 0 spiro atoms. The van der Waals surface area contributed by atoms with Crippen molar-refractivity contribution >= 4 is 0 Å². The van der Waals surface area contributed by atoms with Gasteiger partial charge in [0.1, 0.15) is 0 Å². The van der Waals surface area contributed by atoms with E-state index in [1.54, 1.807) is 0 Å². The lowest BCUT2D eigenvalue weighted by molar-refractivity contribution is -0.0307. The Labute approximate surface area is 105 Å². The molecule has 2 N–H and O–H groups in total. The van der Waals surface area contributed by atoms with Gasteiger partial charge in [-0.15, -0.1) is 0 Å². The third-order valence-corrected chi connectivity index (χ3v) is 4.14. The van der Waals surface area contributed by atoms with Crippen LogP contribution in [-0.2, 0) is 4.74 Å². The highest BCUT2D eigenvalue weighted by Gasteiger charge is 2.32. The molecule has 2 rings (SSSR count). The Kier molecular flexibility index (Phi) is 4.83. The van der Waals surface area contributed by atoms with E-state index in [2.05, 4.69) is 19.2 Å². The zero-order valence-corrected chi connectivity index (χ0v) is 11.2. The highest BCUT2D eigenvalue weighted by Crippen LogP contribution is 2.29. The number of aliphatic hydroxyl groups is 1. The second-order valence-corrected chi connectivity index (χ2v) is 6.11. The number of hydrogen-bond donors (Lipinski definition) is 2. The van der Waals surface area contributed by atoms with Crippen LogP contribution in [0.5, 0.6) is 0 Å². The summed E-state index contributed by atoms with van der Waals surface area (Å²) in [6.45, 7) is 5.70. The van der Waals surface area contributed by atoms with Crippen molar-refractivity contribution in [1.29, 1.82) is 0 Å². The van der Waals surface area contributed by atoms with Crippen LogP contribution in [0.25, 0.3) is 0 Å². The molecule has 2 saturated carbocycles. The van der Waals surface area contributed by atoms with Crippen LogP contribution >= 0.6 is 0 Å². The fraction of sp³-hybridized carbons (Fsp3) is 1.00. The third kappa shape index (κ3) is 4.57. The van der Waals surface area contributed by atoms with Crippen molar-refractivity contribution in [2.24, 2.45) is 11.8 Å². The molecule has 0 radical (unpaired) electrons. The van der Waals surface area contributed by atoms with Crippen molar-refractivity contribution in [2.75, 3.05) is 13.2 Å². The van der Waals surface area contributed by atoms with Gasteiger partial charge in [0.15, 0.2) is 0 Å². The quantitative estimate of drug-likeness (QED) is 0.747. The lowest BCUT2D eigenvalue weighted by Crippen LogP contribution is -2.34. The van der Waals surface area contributed by atoms with Gasteiger partial charge in [-0.2, -0.15) is 0 Å². The molecule has 0 aliphatic heterocycles. The summed E-state index contributed by atoms with van der Waals surface area (Å²) in [5, 5.41) is 13.2. The topological polar surface area (TPSA) is 41.5 Å².